The fourth-order valence-electron chi connectivity index (χ4n) is 4.95. The molecule has 2 aliphatic carbocycles. The predicted molar refractivity (Wildman–Crippen MR) is 94.1 cm³/mol. The van der Waals surface area contributed by atoms with Crippen LogP contribution in [0.4, 0.5) is 0 Å². The van der Waals surface area contributed by atoms with Crippen LogP contribution in [0.15, 0.2) is 0 Å². The molecule has 3 aliphatic rings. The van der Waals surface area contributed by atoms with E-state index >= 15 is 0 Å². The SMILES string of the molecule is CCSCCN1CC2(CCCC2)NCC1C1CCCCC1. The molecule has 1 unspecified atom stereocenters. The molecule has 3 rings (SSSR count). The first-order chi connectivity index (χ1) is 10.3. The van der Waals surface area contributed by atoms with E-state index in [-0.39, 0.29) is 0 Å². The van der Waals surface area contributed by atoms with Gasteiger partial charge in [-0.25, -0.2) is 0 Å². The predicted octanol–water partition coefficient (Wildman–Crippen LogP) is 3.91. The molecule has 2 saturated carbocycles. The van der Waals surface area contributed by atoms with Crippen LogP contribution in [0.3, 0.4) is 0 Å². The van der Waals surface area contributed by atoms with E-state index in [4.69, 9.17) is 0 Å². The van der Waals surface area contributed by atoms with Crippen molar-refractivity contribution in [2.75, 3.05) is 31.1 Å². The zero-order valence-electron chi connectivity index (χ0n) is 13.9. The second kappa shape index (κ2) is 7.70. The zero-order chi connectivity index (χ0) is 14.5. The summed E-state index contributed by atoms with van der Waals surface area (Å²) in [5, 5.41) is 4.01. The molecule has 0 radical (unpaired) electrons. The smallest absolute Gasteiger partial charge is 0.0309 e. The van der Waals surface area contributed by atoms with Gasteiger partial charge < -0.3 is 5.32 Å². The van der Waals surface area contributed by atoms with E-state index < -0.39 is 0 Å². The van der Waals surface area contributed by atoms with E-state index in [0.29, 0.717) is 5.54 Å². The molecular weight excluding hydrogens is 276 g/mol. The van der Waals surface area contributed by atoms with Gasteiger partial charge in [0.15, 0.2) is 0 Å². The van der Waals surface area contributed by atoms with E-state index in [1.807, 2.05) is 0 Å². The molecule has 1 N–H and O–H groups in total. The van der Waals surface area contributed by atoms with Crippen LogP contribution in [0, 0.1) is 5.92 Å². The summed E-state index contributed by atoms with van der Waals surface area (Å²) in [6.07, 6.45) is 13.1. The Morgan fingerprint density at radius 2 is 1.86 bits per heavy atom. The number of piperazine rings is 1. The summed E-state index contributed by atoms with van der Waals surface area (Å²) in [4.78, 5) is 2.90. The van der Waals surface area contributed by atoms with Crippen molar-refractivity contribution >= 4 is 11.8 Å². The summed E-state index contributed by atoms with van der Waals surface area (Å²) in [5.74, 6) is 3.57. The standard InChI is InChI=1S/C18H34N2S/c1-2-21-13-12-20-15-18(10-6-7-11-18)19-14-17(20)16-8-4-3-5-9-16/h16-17,19H,2-15H2,1H3. The van der Waals surface area contributed by atoms with Crippen LogP contribution in [0.5, 0.6) is 0 Å². The Morgan fingerprint density at radius 3 is 2.57 bits per heavy atom. The molecule has 1 atom stereocenters. The minimum atomic E-state index is 0.488. The molecule has 3 heteroatoms. The van der Waals surface area contributed by atoms with Crippen molar-refractivity contribution in [2.45, 2.75) is 76.3 Å². The Bertz CT molecular complexity index is 308. The molecule has 1 aliphatic heterocycles. The van der Waals surface area contributed by atoms with Gasteiger partial charge in [-0.1, -0.05) is 39.0 Å². The highest BCUT2D eigenvalue weighted by Crippen LogP contribution is 2.37. The monoisotopic (exact) mass is 310 g/mol. The lowest BCUT2D eigenvalue weighted by Crippen LogP contribution is -2.65. The summed E-state index contributed by atoms with van der Waals surface area (Å²) < 4.78 is 0. The Labute approximate surface area is 135 Å². The fraction of sp³-hybridized carbons (Fsp3) is 1.00. The average Bonchev–Trinajstić information content (AvgIpc) is 2.97. The van der Waals surface area contributed by atoms with Gasteiger partial charge >= 0.3 is 0 Å². The topological polar surface area (TPSA) is 15.3 Å². The van der Waals surface area contributed by atoms with E-state index in [0.717, 1.165) is 12.0 Å². The second-order valence-electron chi connectivity index (χ2n) is 7.50. The quantitative estimate of drug-likeness (QED) is 0.775. The maximum atomic E-state index is 4.01. The molecule has 21 heavy (non-hydrogen) atoms. The molecule has 0 aromatic heterocycles. The number of hydrogen-bond donors (Lipinski definition) is 1. The fourth-order valence-corrected chi connectivity index (χ4v) is 5.61. The van der Waals surface area contributed by atoms with E-state index in [9.17, 15) is 0 Å². The average molecular weight is 311 g/mol. The van der Waals surface area contributed by atoms with Crippen LogP contribution in [-0.2, 0) is 0 Å². The van der Waals surface area contributed by atoms with Crippen molar-refractivity contribution in [3.8, 4) is 0 Å². The zero-order valence-corrected chi connectivity index (χ0v) is 14.7. The van der Waals surface area contributed by atoms with Crippen LogP contribution >= 0.6 is 11.8 Å². The molecule has 1 spiro atoms. The minimum absolute atomic E-state index is 0.488. The molecule has 0 amide bonds. The number of hydrogen-bond acceptors (Lipinski definition) is 3. The molecule has 2 nitrogen and oxygen atoms in total. The first-order valence-electron chi connectivity index (χ1n) is 9.40. The highest BCUT2D eigenvalue weighted by Gasteiger charge is 2.42. The van der Waals surface area contributed by atoms with Crippen molar-refractivity contribution in [3.63, 3.8) is 0 Å². The molecule has 122 valence electrons. The third-order valence-corrected chi connectivity index (χ3v) is 7.02. The highest BCUT2D eigenvalue weighted by atomic mass is 32.2. The van der Waals surface area contributed by atoms with Gasteiger partial charge in [-0.3, -0.25) is 4.90 Å². The lowest BCUT2D eigenvalue weighted by Gasteiger charge is -2.49. The molecule has 0 aromatic rings. The molecule has 1 heterocycles. The van der Waals surface area contributed by atoms with Crippen LogP contribution in [0.2, 0.25) is 0 Å². The summed E-state index contributed by atoms with van der Waals surface area (Å²) >= 11 is 2.12. The first-order valence-corrected chi connectivity index (χ1v) is 10.6. The summed E-state index contributed by atoms with van der Waals surface area (Å²) in [6.45, 7) is 6.21. The van der Waals surface area contributed by atoms with Gasteiger partial charge in [0.1, 0.15) is 0 Å². The Hall–Kier alpha value is 0.270. The maximum absolute atomic E-state index is 4.01. The molecule has 0 aromatic carbocycles. The minimum Gasteiger partial charge on any atom is -0.308 e. The third kappa shape index (κ3) is 3.97. The first kappa shape index (κ1) is 16.1. The molecule has 0 bridgehead atoms. The number of rotatable bonds is 5. The summed E-state index contributed by atoms with van der Waals surface area (Å²) in [6, 6.07) is 0.828. The van der Waals surface area contributed by atoms with Crippen molar-refractivity contribution in [2.24, 2.45) is 5.92 Å². The van der Waals surface area contributed by atoms with Crippen LogP contribution in [-0.4, -0.2) is 47.6 Å². The Balaban J connectivity index is 1.62. The number of nitrogens with zero attached hydrogens (tertiary/aromatic N) is 1. The number of nitrogens with one attached hydrogen (secondary N) is 1. The van der Waals surface area contributed by atoms with Gasteiger partial charge in [-0.15, -0.1) is 0 Å². The Morgan fingerprint density at radius 1 is 1.10 bits per heavy atom. The van der Waals surface area contributed by atoms with E-state index in [1.54, 1.807) is 0 Å². The molecule has 1 saturated heterocycles. The van der Waals surface area contributed by atoms with E-state index in [1.165, 1.54) is 88.9 Å². The normalized spacial score (nSPS) is 31.0. The maximum Gasteiger partial charge on any atom is 0.0309 e. The molecular formula is C18H34N2S. The summed E-state index contributed by atoms with van der Waals surface area (Å²) in [7, 11) is 0. The number of thioether (sulfide) groups is 1. The van der Waals surface area contributed by atoms with Crippen molar-refractivity contribution in [1.82, 2.24) is 10.2 Å². The van der Waals surface area contributed by atoms with Gasteiger partial charge in [-0.2, -0.15) is 11.8 Å². The van der Waals surface area contributed by atoms with Gasteiger partial charge in [0, 0.05) is 37.0 Å². The largest absolute Gasteiger partial charge is 0.308 e. The van der Waals surface area contributed by atoms with Crippen LogP contribution in [0.25, 0.3) is 0 Å². The third-order valence-electron chi connectivity index (χ3n) is 6.14. The van der Waals surface area contributed by atoms with Crippen molar-refractivity contribution in [1.29, 1.82) is 0 Å². The van der Waals surface area contributed by atoms with Gasteiger partial charge in [0.2, 0.25) is 0 Å². The highest BCUT2D eigenvalue weighted by molar-refractivity contribution is 7.99. The van der Waals surface area contributed by atoms with Gasteiger partial charge in [0.05, 0.1) is 0 Å². The van der Waals surface area contributed by atoms with Crippen LogP contribution in [0.1, 0.15) is 64.7 Å². The van der Waals surface area contributed by atoms with E-state index in [2.05, 4.69) is 28.9 Å². The lowest BCUT2D eigenvalue weighted by atomic mass is 9.80. The molecule has 3 fully saturated rings. The van der Waals surface area contributed by atoms with Gasteiger partial charge in [0.25, 0.3) is 0 Å². The lowest BCUT2D eigenvalue weighted by molar-refractivity contribution is 0.0428. The van der Waals surface area contributed by atoms with Crippen molar-refractivity contribution < 1.29 is 0 Å². The Kier molecular flexibility index (Phi) is 5.92. The summed E-state index contributed by atoms with van der Waals surface area (Å²) in [5.41, 5.74) is 0.488. The van der Waals surface area contributed by atoms with Crippen LogP contribution < -0.4 is 5.32 Å². The second-order valence-corrected chi connectivity index (χ2v) is 8.90. The van der Waals surface area contributed by atoms with Gasteiger partial charge in [-0.05, 0) is 37.4 Å². The van der Waals surface area contributed by atoms with Crippen molar-refractivity contribution in [3.05, 3.63) is 0 Å².